The minimum Gasteiger partial charge on any atom is -0.369 e. The third-order valence-electron chi connectivity index (χ3n) is 4.10. The summed E-state index contributed by atoms with van der Waals surface area (Å²) in [6, 6.07) is 0. The molecular formula is C10H14O2. The van der Waals surface area contributed by atoms with E-state index in [1.54, 1.807) is 0 Å². The first-order valence-electron chi connectivity index (χ1n) is 4.90. The van der Waals surface area contributed by atoms with Gasteiger partial charge >= 0.3 is 0 Å². The Bertz CT molecular complexity index is 248. The molecule has 1 heterocycles. The van der Waals surface area contributed by atoms with Gasteiger partial charge in [-0.2, -0.15) is 0 Å². The van der Waals surface area contributed by atoms with Crippen LogP contribution in [0.1, 0.15) is 32.6 Å². The molecule has 66 valence electrons. The average Bonchev–Trinajstić information content (AvgIpc) is 2.76. The van der Waals surface area contributed by atoms with Crippen molar-refractivity contribution in [2.45, 2.75) is 44.8 Å². The summed E-state index contributed by atoms with van der Waals surface area (Å²) < 4.78 is 5.55. The Morgan fingerprint density at radius 1 is 1.50 bits per heavy atom. The van der Waals surface area contributed by atoms with E-state index in [9.17, 15) is 4.79 Å². The maximum absolute atomic E-state index is 11.6. The molecule has 0 amide bonds. The van der Waals surface area contributed by atoms with E-state index in [1.165, 1.54) is 0 Å². The zero-order valence-corrected chi connectivity index (χ0v) is 7.38. The molecule has 3 aliphatic rings. The predicted octanol–water partition coefficient (Wildman–Crippen LogP) is 1.53. The van der Waals surface area contributed by atoms with Crippen molar-refractivity contribution in [3.8, 4) is 0 Å². The highest BCUT2D eigenvalue weighted by molar-refractivity contribution is 5.87. The van der Waals surface area contributed by atoms with Gasteiger partial charge in [0.05, 0.1) is 12.2 Å². The first-order chi connectivity index (χ1) is 5.72. The number of epoxide rings is 1. The third-order valence-corrected chi connectivity index (χ3v) is 4.10. The summed E-state index contributed by atoms with van der Waals surface area (Å²) in [5.41, 5.74) is -0.00231. The fourth-order valence-electron chi connectivity index (χ4n) is 3.13. The van der Waals surface area contributed by atoms with E-state index in [2.05, 4.69) is 6.92 Å². The van der Waals surface area contributed by atoms with Crippen molar-refractivity contribution in [1.29, 1.82) is 0 Å². The summed E-state index contributed by atoms with van der Waals surface area (Å²) in [5, 5.41) is 0. The second-order valence-electron chi connectivity index (χ2n) is 4.66. The minimum atomic E-state index is -0.00231. The lowest BCUT2D eigenvalue weighted by Crippen LogP contribution is -2.36. The zero-order valence-electron chi connectivity index (χ0n) is 7.38. The maximum Gasteiger partial charge on any atom is 0.139 e. The summed E-state index contributed by atoms with van der Waals surface area (Å²) in [5.74, 6) is 1.05. The third kappa shape index (κ3) is 0.674. The summed E-state index contributed by atoms with van der Waals surface area (Å²) in [6.07, 6.45) is 5.04. The predicted molar refractivity (Wildman–Crippen MR) is 43.7 cm³/mol. The van der Waals surface area contributed by atoms with Gasteiger partial charge in [-0.05, 0) is 19.3 Å². The van der Waals surface area contributed by atoms with Gasteiger partial charge < -0.3 is 4.74 Å². The molecule has 0 aromatic carbocycles. The van der Waals surface area contributed by atoms with Crippen LogP contribution in [0.4, 0.5) is 0 Å². The Morgan fingerprint density at radius 2 is 2.33 bits per heavy atom. The summed E-state index contributed by atoms with van der Waals surface area (Å²) in [6.45, 7) is 2.14. The van der Waals surface area contributed by atoms with Gasteiger partial charge in [-0.25, -0.2) is 0 Å². The van der Waals surface area contributed by atoms with E-state index in [0.717, 1.165) is 25.7 Å². The molecule has 1 unspecified atom stereocenters. The highest BCUT2D eigenvalue weighted by Gasteiger charge is 2.60. The van der Waals surface area contributed by atoms with Crippen molar-refractivity contribution >= 4 is 5.78 Å². The standard InChI is InChI=1S/C10H14O2/c1-10-5-4-7-9(12-7)6(10)2-3-8(10)11/h6-7,9H,2-5H2,1H3/t6?,7-,9+,10-/m0/s1. The summed E-state index contributed by atoms with van der Waals surface area (Å²) in [7, 11) is 0. The Balaban J connectivity index is 1.96. The van der Waals surface area contributed by atoms with Crippen molar-refractivity contribution in [3.63, 3.8) is 0 Å². The van der Waals surface area contributed by atoms with Crippen molar-refractivity contribution < 1.29 is 9.53 Å². The van der Waals surface area contributed by atoms with Crippen molar-refractivity contribution in [3.05, 3.63) is 0 Å². The van der Waals surface area contributed by atoms with E-state index >= 15 is 0 Å². The second-order valence-corrected chi connectivity index (χ2v) is 4.66. The molecule has 0 N–H and O–H groups in total. The van der Waals surface area contributed by atoms with E-state index < -0.39 is 0 Å². The molecular weight excluding hydrogens is 152 g/mol. The molecule has 2 heteroatoms. The zero-order chi connectivity index (χ0) is 8.34. The fourth-order valence-corrected chi connectivity index (χ4v) is 3.13. The highest BCUT2D eigenvalue weighted by atomic mass is 16.6. The van der Waals surface area contributed by atoms with Gasteiger partial charge in [0.1, 0.15) is 5.78 Å². The number of rotatable bonds is 0. The van der Waals surface area contributed by atoms with Crippen LogP contribution in [0.5, 0.6) is 0 Å². The number of hydrogen-bond donors (Lipinski definition) is 0. The lowest BCUT2D eigenvalue weighted by molar-refractivity contribution is -0.127. The molecule has 2 aliphatic carbocycles. The molecule has 2 saturated carbocycles. The molecule has 12 heavy (non-hydrogen) atoms. The van der Waals surface area contributed by atoms with Crippen LogP contribution in [-0.4, -0.2) is 18.0 Å². The van der Waals surface area contributed by atoms with Crippen LogP contribution < -0.4 is 0 Å². The first kappa shape index (κ1) is 7.07. The van der Waals surface area contributed by atoms with Crippen molar-refractivity contribution in [1.82, 2.24) is 0 Å². The Morgan fingerprint density at radius 3 is 3.17 bits per heavy atom. The molecule has 1 aliphatic heterocycles. The van der Waals surface area contributed by atoms with E-state index in [0.29, 0.717) is 23.9 Å². The normalized spacial score (nSPS) is 56.4. The minimum absolute atomic E-state index is 0.00231. The molecule has 1 saturated heterocycles. The monoisotopic (exact) mass is 166 g/mol. The van der Waals surface area contributed by atoms with Gasteiger partial charge in [0, 0.05) is 17.8 Å². The first-order valence-corrected chi connectivity index (χ1v) is 4.90. The maximum atomic E-state index is 11.6. The molecule has 3 fully saturated rings. The average molecular weight is 166 g/mol. The van der Waals surface area contributed by atoms with Crippen LogP contribution in [0.25, 0.3) is 0 Å². The fraction of sp³-hybridized carbons (Fsp3) is 0.900. The van der Waals surface area contributed by atoms with E-state index in [-0.39, 0.29) is 5.41 Å². The number of ketones is 1. The van der Waals surface area contributed by atoms with Gasteiger partial charge in [0.2, 0.25) is 0 Å². The molecule has 0 spiro atoms. The van der Waals surface area contributed by atoms with E-state index in [1.807, 2.05) is 0 Å². The molecule has 0 bridgehead atoms. The number of fused-ring (bicyclic) bond motifs is 3. The molecule has 4 atom stereocenters. The quantitative estimate of drug-likeness (QED) is 0.511. The van der Waals surface area contributed by atoms with Crippen LogP contribution in [-0.2, 0) is 9.53 Å². The summed E-state index contributed by atoms with van der Waals surface area (Å²) in [4.78, 5) is 11.6. The van der Waals surface area contributed by atoms with Gasteiger partial charge in [-0.1, -0.05) is 6.92 Å². The molecule has 0 aromatic rings. The lowest BCUT2D eigenvalue weighted by atomic mass is 9.69. The highest BCUT2D eigenvalue weighted by Crippen LogP contribution is 2.56. The number of ether oxygens (including phenoxy) is 1. The lowest BCUT2D eigenvalue weighted by Gasteiger charge is -2.31. The van der Waals surface area contributed by atoms with Crippen LogP contribution in [0.15, 0.2) is 0 Å². The van der Waals surface area contributed by atoms with Gasteiger partial charge in [-0.15, -0.1) is 0 Å². The number of carbonyl (C=O) groups is 1. The second kappa shape index (κ2) is 1.92. The van der Waals surface area contributed by atoms with Gasteiger partial charge in [0.25, 0.3) is 0 Å². The number of Topliss-reactive ketones (excluding diaryl/α,β-unsaturated/α-hetero) is 1. The van der Waals surface area contributed by atoms with Crippen LogP contribution >= 0.6 is 0 Å². The van der Waals surface area contributed by atoms with E-state index in [4.69, 9.17) is 4.74 Å². The largest absolute Gasteiger partial charge is 0.369 e. The van der Waals surface area contributed by atoms with Gasteiger partial charge in [-0.3, -0.25) is 4.79 Å². The Kier molecular flexibility index (Phi) is 1.13. The molecule has 2 nitrogen and oxygen atoms in total. The topological polar surface area (TPSA) is 29.6 Å². The van der Waals surface area contributed by atoms with Crippen molar-refractivity contribution in [2.75, 3.05) is 0 Å². The smallest absolute Gasteiger partial charge is 0.139 e. The molecule has 0 radical (unpaired) electrons. The van der Waals surface area contributed by atoms with Crippen molar-refractivity contribution in [2.24, 2.45) is 11.3 Å². The SMILES string of the molecule is C[C@]12CC[C@@H]3O[C@@H]3C1CCC2=O. The number of carbonyl (C=O) groups excluding carboxylic acids is 1. The van der Waals surface area contributed by atoms with Crippen LogP contribution in [0.3, 0.4) is 0 Å². The summed E-state index contributed by atoms with van der Waals surface area (Å²) >= 11 is 0. The van der Waals surface area contributed by atoms with Gasteiger partial charge in [0.15, 0.2) is 0 Å². The Hall–Kier alpha value is -0.370. The molecule has 0 aromatic heterocycles. The van der Waals surface area contributed by atoms with Crippen LogP contribution in [0.2, 0.25) is 0 Å². The molecule has 3 rings (SSSR count). The van der Waals surface area contributed by atoms with Crippen LogP contribution in [0, 0.1) is 11.3 Å². The Labute approximate surface area is 72.3 Å². The number of hydrogen-bond acceptors (Lipinski definition) is 2.